The van der Waals surface area contributed by atoms with Crippen LogP contribution in [-0.2, 0) is 9.59 Å². The van der Waals surface area contributed by atoms with E-state index in [2.05, 4.69) is 22.8 Å². The largest absolute Gasteiger partial charge is 0.347 e. The number of rotatable bonds is 16. The van der Waals surface area contributed by atoms with Crippen molar-refractivity contribution in [1.29, 1.82) is 0 Å². The molecule has 0 fully saturated rings. The lowest BCUT2D eigenvalue weighted by atomic mass is 10.1. The van der Waals surface area contributed by atoms with Crippen molar-refractivity contribution < 1.29 is 9.59 Å². The van der Waals surface area contributed by atoms with Crippen molar-refractivity contribution in [2.45, 2.75) is 78.1 Å². The van der Waals surface area contributed by atoms with Gasteiger partial charge in [-0.3, -0.25) is 9.59 Å². The SMILES string of the molecule is CCCCCCCCCCCC(=O)NCC(=O)N/N=C\c1cn(-c2ccccc2)nc1-c1ccc(C)cc1. The minimum absolute atomic E-state index is 0.0955. The summed E-state index contributed by atoms with van der Waals surface area (Å²) in [4.78, 5) is 24.3. The second kappa shape index (κ2) is 16.2. The Hall–Kier alpha value is -3.74. The first kappa shape index (κ1) is 28.8. The van der Waals surface area contributed by atoms with Gasteiger partial charge in [0.25, 0.3) is 5.91 Å². The predicted octanol–water partition coefficient (Wildman–Crippen LogP) is 6.33. The number of hydrogen-bond donors (Lipinski definition) is 2. The van der Waals surface area contributed by atoms with E-state index < -0.39 is 0 Å². The monoisotopic (exact) mass is 515 g/mol. The number of aryl methyl sites for hydroxylation is 1. The van der Waals surface area contributed by atoms with Gasteiger partial charge in [0.05, 0.1) is 18.4 Å². The minimum atomic E-state index is -0.367. The molecule has 0 aliphatic heterocycles. The van der Waals surface area contributed by atoms with Gasteiger partial charge < -0.3 is 5.32 Å². The highest BCUT2D eigenvalue weighted by molar-refractivity contribution is 5.90. The van der Waals surface area contributed by atoms with Crippen LogP contribution in [0.2, 0.25) is 0 Å². The molecule has 0 aliphatic carbocycles. The van der Waals surface area contributed by atoms with Gasteiger partial charge in [-0.05, 0) is 25.5 Å². The number of hydrazone groups is 1. The summed E-state index contributed by atoms with van der Waals surface area (Å²) < 4.78 is 1.80. The van der Waals surface area contributed by atoms with E-state index in [1.165, 1.54) is 50.5 Å². The quantitative estimate of drug-likeness (QED) is 0.133. The van der Waals surface area contributed by atoms with Crippen molar-refractivity contribution >= 4 is 18.0 Å². The van der Waals surface area contributed by atoms with Crippen molar-refractivity contribution in [3.63, 3.8) is 0 Å². The second-order valence-electron chi connectivity index (χ2n) is 9.73. The number of aromatic nitrogens is 2. The third-order valence-electron chi connectivity index (χ3n) is 6.43. The fourth-order valence-electron chi connectivity index (χ4n) is 4.21. The molecule has 0 saturated heterocycles. The number of carbonyl (C=O) groups is 2. The van der Waals surface area contributed by atoms with Crippen LogP contribution >= 0.6 is 0 Å². The fourth-order valence-corrected chi connectivity index (χ4v) is 4.21. The first-order chi connectivity index (χ1) is 18.6. The molecule has 1 aromatic heterocycles. The highest BCUT2D eigenvalue weighted by Crippen LogP contribution is 2.23. The van der Waals surface area contributed by atoms with Crippen LogP contribution in [0.1, 0.15) is 82.3 Å². The molecule has 0 atom stereocenters. The summed E-state index contributed by atoms with van der Waals surface area (Å²) in [5.41, 5.74) is 7.10. The maximum absolute atomic E-state index is 12.2. The summed E-state index contributed by atoms with van der Waals surface area (Å²) >= 11 is 0. The van der Waals surface area contributed by atoms with Crippen LogP contribution in [0.3, 0.4) is 0 Å². The van der Waals surface area contributed by atoms with E-state index in [-0.39, 0.29) is 18.4 Å². The van der Waals surface area contributed by atoms with Gasteiger partial charge in [-0.25, -0.2) is 10.1 Å². The van der Waals surface area contributed by atoms with Crippen LogP contribution in [0.4, 0.5) is 0 Å². The molecule has 3 rings (SSSR count). The lowest BCUT2D eigenvalue weighted by Gasteiger charge is -2.05. The van der Waals surface area contributed by atoms with Crippen LogP contribution in [0.5, 0.6) is 0 Å². The Balaban J connectivity index is 1.44. The van der Waals surface area contributed by atoms with Crippen molar-refractivity contribution in [3.8, 4) is 16.9 Å². The molecule has 7 nitrogen and oxygen atoms in total. The molecule has 0 radical (unpaired) electrons. The molecule has 1 heterocycles. The number of carbonyl (C=O) groups excluding carboxylic acids is 2. The van der Waals surface area contributed by atoms with Crippen LogP contribution < -0.4 is 10.7 Å². The maximum Gasteiger partial charge on any atom is 0.259 e. The average Bonchev–Trinajstić information content (AvgIpc) is 3.36. The van der Waals surface area contributed by atoms with Crippen molar-refractivity contribution in [1.82, 2.24) is 20.5 Å². The van der Waals surface area contributed by atoms with E-state index in [9.17, 15) is 9.59 Å². The molecule has 0 bridgehead atoms. The van der Waals surface area contributed by atoms with Crippen molar-refractivity contribution in [2.75, 3.05) is 6.54 Å². The summed E-state index contributed by atoms with van der Waals surface area (Å²) in [6.45, 7) is 4.18. The number of amides is 2. The molecular weight excluding hydrogens is 474 g/mol. The summed E-state index contributed by atoms with van der Waals surface area (Å²) in [5, 5.41) is 11.6. The molecule has 0 spiro atoms. The first-order valence-electron chi connectivity index (χ1n) is 13.9. The molecule has 2 amide bonds. The van der Waals surface area contributed by atoms with E-state index in [1.807, 2.05) is 67.7 Å². The first-order valence-corrected chi connectivity index (χ1v) is 13.9. The molecule has 2 N–H and O–H groups in total. The average molecular weight is 516 g/mol. The highest BCUT2D eigenvalue weighted by atomic mass is 16.2. The maximum atomic E-state index is 12.2. The molecule has 0 unspecified atom stereocenters. The van der Waals surface area contributed by atoms with Crippen LogP contribution in [0, 0.1) is 6.92 Å². The third-order valence-corrected chi connectivity index (χ3v) is 6.43. The summed E-state index contributed by atoms with van der Waals surface area (Å²) in [6, 6.07) is 18.0. The van der Waals surface area contributed by atoms with Gasteiger partial charge in [0.15, 0.2) is 0 Å². The second-order valence-corrected chi connectivity index (χ2v) is 9.73. The Morgan fingerprint density at radius 1 is 0.868 bits per heavy atom. The molecule has 0 saturated carbocycles. The molecule has 202 valence electrons. The Bertz CT molecular complexity index is 1150. The van der Waals surface area contributed by atoms with Gasteiger partial charge in [0.1, 0.15) is 5.69 Å². The zero-order valence-electron chi connectivity index (χ0n) is 22.8. The normalized spacial score (nSPS) is 11.1. The van der Waals surface area contributed by atoms with Crippen LogP contribution in [0.25, 0.3) is 16.9 Å². The lowest BCUT2D eigenvalue weighted by Crippen LogP contribution is -2.34. The zero-order chi connectivity index (χ0) is 27.0. The Morgan fingerprint density at radius 3 is 2.21 bits per heavy atom. The zero-order valence-corrected chi connectivity index (χ0v) is 22.8. The Kier molecular flexibility index (Phi) is 12.3. The number of para-hydroxylation sites is 1. The highest BCUT2D eigenvalue weighted by Gasteiger charge is 2.11. The Labute approximate surface area is 226 Å². The summed E-state index contributed by atoms with van der Waals surface area (Å²) in [6.07, 6.45) is 14.8. The van der Waals surface area contributed by atoms with Gasteiger partial charge in [-0.1, -0.05) is 106 Å². The van der Waals surface area contributed by atoms with Gasteiger partial charge in [-0.2, -0.15) is 10.2 Å². The molecule has 2 aromatic carbocycles. The molecule has 7 heteroatoms. The smallest absolute Gasteiger partial charge is 0.259 e. The van der Waals surface area contributed by atoms with E-state index in [0.29, 0.717) is 6.42 Å². The minimum Gasteiger partial charge on any atom is -0.347 e. The molecule has 0 aliphatic rings. The number of hydrogen-bond acceptors (Lipinski definition) is 4. The van der Waals surface area contributed by atoms with Gasteiger partial charge in [0, 0.05) is 23.7 Å². The van der Waals surface area contributed by atoms with Gasteiger partial charge in [0.2, 0.25) is 5.91 Å². The van der Waals surface area contributed by atoms with E-state index in [4.69, 9.17) is 5.10 Å². The molecule has 3 aromatic rings. The third kappa shape index (κ3) is 9.96. The molecule has 38 heavy (non-hydrogen) atoms. The predicted molar refractivity (Wildman–Crippen MR) is 154 cm³/mol. The molecular formula is C31H41N5O2. The van der Waals surface area contributed by atoms with E-state index >= 15 is 0 Å². The summed E-state index contributed by atoms with van der Waals surface area (Å²) in [7, 11) is 0. The fraction of sp³-hybridized carbons (Fsp3) is 0.419. The summed E-state index contributed by atoms with van der Waals surface area (Å²) in [5.74, 6) is -0.466. The van der Waals surface area contributed by atoms with Crippen LogP contribution in [0.15, 0.2) is 65.9 Å². The topological polar surface area (TPSA) is 88.4 Å². The number of nitrogens with zero attached hydrogens (tertiary/aromatic N) is 3. The number of unbranched alkanes of at least 4 members (excludes halogenated alkanes) is 8. The van der Waals surface area contributed by atoms with Crippen molar-refractivity contribution in [2.24, 2.45) is 5.10 Å². The van der Waals surface area contributed by atoms with E-state index in [1.54, 1.807) is 10.9 Å². The van der Waals surface area contributed by atoms with E-state index in [0.717, 1.165) is 35.3 Å². The number of nitrogens with one attached hydrogen (secondary N) is 2. The standard InChI is InChI=1S/C31H41N5O2/c1-3-4-5-6-7-8-9-10-14-17-29(37)32-23-30(38)34-33-22-27-24-36(28-15-12-11-13-16-28)35-31(27)26-20-18-25(2)19-21-26/h11-13,15-16,18-22,24H,3-10,14,17,23H2,1-2H3,(H,32,37)(H,34,38)/b33-22-. The van der Waals surface area contributed by atoms with Gasteiger partial charge in [-0.15, -0.1) is 0 Å². The Morgan fingerprint density at radius 2 is 1.53 bits per heavy atom. The number of benzene rings is 2. The van der Waals surface area contributed by atoms with Crippen molar-refractivity contribution in [3.05, 3.63) is 71.9 Å². The van der Waals surface area contributed by atoms with Crippen LogP contribution in [-0.4, -0.2) is 34.4 Å². The lowest BCUT2D eigenvalue weighted by molar-refractivity contribution is -0.126. The van der Waals surface area contributed by atoms with Gasteiger partial charge >= 0.3 is 0 Å².